The van der Waals surface area contributed by atoms with Crippen molar-refractivity contribution in [3.05, 3.63) is 29.6 Å². The van der Waals surface area contributed by atoms with Gasteiger partial charge in [0.1, 0.15) is 0 Å². The predicted molar refractivity (Wildman–Crippen MR) is 73.9 cm³/mol. The van der Waals surface area contributed by atoms with E-state index in [1.165, 1.54) is 12.8 Å². The summed E-state index contributed by atoms with van der Waals surface area (Å²) in [6, 6.07) is 3.90. The lowest BCUT2D eigenvalue weighted by atomic mass is 9.99. The first kappa shape index (κ1) is 11.5. The van der Waals surface area contributed by atoms with E-state index in [0.29, 0.717) is 17.2 Å². The molecule has 6 heteroatoms. The fourth-order valence-corrected chi connectivity index (χ4v) is 2.82. The Morgan fingerprint density at radius 2 is 2.20 bits per heavy atom. The fourth-order valence-electron chi connectivity index (χ4n) is 2.82. The number of nitrogens with zero attached hydrogens (tertiary/aromatic N) is 2. The van der Waals surface area contributed by atoms with Crippen LogP contribution in [0.2, 0.25) is 0 Å². The molecule has 2 aromatic heterocycles. The lowest BCUT2D eigenvalue weighted by Crippen LogP contribution is -2.42. The molecule has 4 N–H and O–H groups in total. The Bertz CT molecular complexity index is 689. The van der Waals surface area contributed by atoms with Crippen LogP contribution in [-0.2, 0) is 6.42 Å². The van der Waals surface area contributed by atoms with E-state index in [0.717, 1.165) is 17.8 Å². The van der Waals surface area contributed by atoms with Crippen molar-refractivity contribution in [3.63, 3.8) is 0 Å². The number of hydrogen-bond donors (Lipinski definition) is 3. The van der Waals surface area contributed by atoms with Crippen molar-refractivity contribution in [2.24, 2.45) is 5.92 Å². The zero-order chi connectivity index (χ0) is 13.7. The topological polar surface area (TPSA) is 96.7 Å². The minimum Gasteiger partial charge on any atom is -0.368 e. The number of amides is 1. The van der Waals surface area contributed by atoms with Crippen molar-refractivity contribution in [2.75, 3.05) is 5.73 Å². The van der Waals surface area contributed by atoms with Crippen LogP contribution >= 0.6 is 0 Å². The van der Waals surface area contributed by atoms with E-state index in [9.17, 15) is 4.79 Å². The van der Waals surface area contributed by atoms with Crippen LogP contribution in [0.5, 0.6) is 0 Å². The molecule has 1 atom stereocenters. The molecule has 3 heterocycles. The Labute approximate surface area is 115 Å². The molecule has 1 amide bonds. The summed E-state index contributed by atoms with van der Waals surface area (Å²) in [4.78, 5) is 23.5. The Morgan fingerprint density at radius 3 is 2.95 bits per heavy atom. The van der Waals surface area contributed by atoms with Crippen molar-refractivity contribution >= 4 is 11.9 Å². The number of carbonyl (C=O) groups is 1. The van der Waals surface area contributed by atoms with Crippen LogP contribution in [0.3, 0.4) is 0 Å². The Morgan fingerprint density at radius 1 is 1.35 bits per heavy atom. The smallest absolute Gasteiger partial charge is 0.253 e. The molecule has 0 spiro atoms. The van der Waals surface area contributed by atoms with E-state index in [2.05, 4.69) is 20.3 Å². The van der Waals surface area contributed by atoms with Crippen LogP contribution in [-0.4, -0.2) is 26.9 Å². The molecule has 0 radical (unpaired) electrons. The zero-order valence-corrected chi connectivity index (χ0v) is 10.9. The molecule has 4 rings (SSSR count). The average Bonchev–Trinajstić information content (AvgIpc) is 3.18. The number of aromatic nitrogens is 3. The molecule has 0 saturated heterocycles. The van der Waals surface area contributed by atoms with E-state index in [-0.39, 0.29) is 17.9 Å². The van der Waals surface area contributed by atoms with Gasteiger partial charge in [-0.2, -0.15) is 0 Å². The van der Waals surface area contributed by atoms with Crippen molar-refractivity contribution in [1.29, 1.82) is 0 Å². The van der Waals surface area contributed by atoms with Crippen molar-refractivity contribution in [3.8, 4) is 11.4 Å². The highest BCUT2D eigenvalue weighted by Gasteiger charge is 2.37. The average molecular weight is 269 g/mol. The minimum absolute atomic E-state index is 0.00711. The maximum absolute atomic E-state index is 12.2. The molecule has 1 saturated carbocycles. The van der Waals surface area contributed by atoms with Gasteiger partial charge in [-0.15, -0.1) is 0 Å². The third-order valence-electron chi connectivity index (χ3n) is 4.03. The highest BCUT2D eigenvalue weighted by Crippen LogP contribution is 2.36. The molecule has 2 aromatic rings. The number of anilines is 1. The summed E-state index contributed by atoms with van der Waals surface area (Å²) >= 11 is 0. The second-order valence-corrected chi connectivity index (χ2v) is 5.50. The van der Waals surface area contributed by atoms with Gasteiger partial charge in [0.25, 0.3) is 5.91 Å². The normalized spacial score (nSPS) is 21.4. The Balaban J connectivity index is 1.71. The van der Waals surface area contributed by atoms with E-state index in [1.807, 2.05) is 6.07 Å². The second-order valence-electron chi connectivity index (χ2n) is 5.50. The number of H-pyrrole nitrogens is 1. The summed E-state index contributed by atoms with van der Waals surface area (Å²) in [6.07, 6.45) is 4.92. The van der Waals surface area contributed by atoms with Gasteiger partial charge in [0.05, 0.1) is 17.0 Å². The zero-order valence-electron chi connectivity index (χ0n) is 10.9. The summed E-state index contributed by atoms with van der Waals surface area (Å²) in [7, 11) is 0. The highest BCUT2D eigenvalue weighted by atomic mass is 16.1. The first-order chi connectivity index (χ1) is 9.70. The molecule has 20 heavy (non-hydrogen) atoms. The quantitative estimate of drug-likeness (QED) is 0.761. The number of carbonyl (C=O) groups excluding carboxylic acids is 1. The molecule has 1 fully saturated rings. The summed E-state index contributed by atoms with van der Waals surface area (Å²) < 4.78 is 0. The second kappa shape index (κ2) is 4.06. The van der Waals surface area contributed by atoms with Crippen LogP contribution < -0.4 is 11.1 Å². The van der Waals surface area contributed by atoms with E-state index < -0.39 is 0 Å². The molecule has 1 aliphatic heterocycles. The van der Waals surface area contributed by atoms with E-state index >= 15 is 0 Å². The number of nitrogen functional groups attached to an aromatic ring is 1. The van der Waals surface area contributed by atoms with Gasteiger partial charge in [0, 0.05) is 24.4 Å². The third-order valence-corrected chi connectivity index (χ3v) is 4.03. The Hall–Kier alpha value is -2.37. The molecular weight excluding hydrogens is 254 g/mol. The van der Waals surface area contributed by atoms with Crippen LogP contribution in [0.4, 0.5) is 5.95 Å². The summed E-state index contributed by atoms with van der Waals surface area (Å²) in [5.41, 5.74) is 8.84. The number of aromatic amines is 1. The lowest BCUT2D eigenvalue weighted by molar-refractivity contribution is 0.0919. The highest BCUT2D eigenvalue weighted by molar-refractivity contribution is 5.98. The fraction of sp³-hybridized carbons (Fsp3) is 0.357. The van der Waals surface area contributed by atoms with Gasteiger partial charge in [0.15, 0.2) is 0 Å². The van der Waals surface area contributed by atoms with Gasteiger partial charge in [-0.3, -0.25) is 4.79 Å². The largest absolute Gasteiger partial charge is 0.368 e. The van der Waals surface area contributed by atoms with Gasteiger partial charge in [-0.05, 0) is 30.9 Å². The van der Waals surface area contributed by atoms with Gasteiger partial charge in [-0.1, -0.05) is 0 Å². The van der Waals surface area contributed by atoms with Gasteiger partial charge in [0.2, 0.25) is 5.95 Å². The van der Waals surface area contributed by atoms with Crippen LogP contribution in [0, 0.1) is 5.92 Å². The Kier molecular flexibility index (Phi) is 2.33. The number of nitrogens with one attached hydrogen (secondary N) is 2. The first-order valence-electron chi connectivity index (χ1n) is 6.82. The molecule has 0 aromatic carbocycles. The van der Waals surface area contributed by atoms with Crippen LogP contribution in [0.1, 0.15) is 28.9 Å². The monoisotopic (exact) mass is 269 g/mol. The van der Waals surface area contributed by atoms with E-state index in [4.69, 9.17) is 5.73 Å². The van der Waals surface area contributed by atoms with Crippen molar-refractivity contribution in [1.82, 2.24) is 20.3 Å². The third kappa shape index (κ3) is 1.84. The van der Waals surface area contributed by atoms with Gasteiger partial charge < -0.3 is 16.0 Å². The summed E-state index contributed by atoms with van der Waals surface area (Å²) in [5, 5.41) is 3.09. The number of nitrogens with two attached hydrogens (primary N) is 1. The van der Waals surface area contributed by atoms with Gasteiger partial charge >= 0.3 is 0 Å². The van der Waals surface area contributed by atoms with Gasteiger partial charge in [-0.25, -0.2) is 9.97 Å². The van der Waals surface area contributed by atoms with Crippen LogP contribution in [0.25, 0.3) is 11.4 Å². The molecule has 1 unspecified atom stereocenters. The van der Waals surface area contributed by atoms with Crippen LogP contribution in [0.15, 0.2) is 18.3 Å². The number of hydrogen-bond acceptors (Lipinski definition) is 4. The molecule has 2 aliphatic rings. The molecular formula is C14H15N5O. The minimum atomic E-state index is 0.00711. The standard InChI is InChI=1S/C14H15N5O/c15-14-16-4-3-9(19-14)12-5-8-11(17-12)6-10(7-1-2-7)18-13(8)20/h3-5,7,10,17H,1-2,6H2,(H,18,20)(H2,15,16,19). The maximum Gasteiger partial charge on any atom is 0.253 e. The van der Waals surface area contributed by atoms with E-state index in [1.54, 1.807) is 12.3 Å². The SMILES string of the molecule is Nc1nccc(-c2cc3c([nH]2)CC(C2CC2)NC3=O)n1. The summed E-state index contributed by atoms with van der Waals surface area (Å²) in [5.74, 6) is 0.886. The maximum atomic E-state index is 12.2. The van der Waals surface area contributed by atoms with Crippen molar-refractivity contribution in [2.45, 2.75) is 25.3 Å². The lowest BCUT2D eigenvalue weighted by Gasteiger charge is -2.23. The predicted octanol–water partition coefficient (Wildman–Crippen LogP) is 1.12. The van der Waals surface area contributed by atoms with Crippen molar-refractivity contribution < 1.29 is 4.79 Å². The number of fused-ring (bicyclic) bond motifs is 1. The molecule has 0 bridgehead atoms. The molecule has 6 nitrogen and oxygen atoms in total. The molecule has 102 valence electrons. The number of rotatable bonds is 2. The molecule has 1 aliphatic carbocycles. The summed E-state index contributed by atoms with van der Waals surface area (Å²) in [6.45, 7) is 0. The first-order valence-corrected chi connectivity index (χ1v) is 6.82.